The predicted molar refractivity (Wildman–Crippen MR) is 74.1 cm³/mol. The van der Waals surface area contributed by atoms with E-state index in [0.717, 1.165) is 0 Å². The van der Waals surface area contributed by atoms with Crippen molar-refractivity contribution in [3.8, 4) is 0 Å². The second kappa shape index (κ2) is 8.49. The van der Waals surface area contributed by atoms with Gasteiger partial charge in [-0.05, 0) is 24.3 Å². The van der Waals surface area contributed by atoms with E-state index >= 15 is 0 Å². The average molecular weight is 366 g/mol. The molecule has 0 fully saturated rings. The quantitative estimate of drug-likeness (QED) is 0.772. The van der Waals surface area contributed by atoms with E-state index in [0.29, 0.717) is 11.6 Å². The molecule has 0 amide bonds. The molecule has 0 bridgehead atoms. The fourth-order valence-corrected chi connectivity index (χ4v) is 1.33. The van der Waals surface area contributed by atoms with Gasteiger partial charge in [0.05, 0.1) is 11.1 Å². The monoisotopic (exact) mass is 364 g/mol. The van der Waals surface area contributed by atoms with Gasteiger partial charge < -0.3 is 10.2 Å². The summed E-state index contributed by atoms with van der Waals surface area (Å²) in [6, 6.07) is 5.02. The second-order valence-corrected chi connectivity index (χ2v) is 3.75. The third-order valence-electron chi connectivity index (χ3n) is 2.35. The largest absolute Gasteiger partial charge is 0.478 e. The SMILES string of the molecule is C1=NC(=C2N=CN=N2)N=N1.O=C(O)c1ccc(C(=O)O)cc1.[Zn]. The van der Waals surface area contributed by atoms with Crippen LogP contribution in [-0.4, -0.2) is 34.8 Å². The minimum Gasteiger partial charge on any atom is -0.478 e. The van der Waals surface area contributed by atoms with E-state index in [9.17, 15) is 9.59 Å². The van der Waals surface area contributed by atoms with Crippen LogP contribution in [0.3, 0.4) is 0 Å². The van der Waals surface area contributed by atoms with Crippen molar-refractivity contribution < 1.29 is 39.3 Å². The maximum atomic E-state index is 10.3. The smallest absolute Gasteiger partial charge is 0.335 e. The molecule has 0 saturated heterocycles. The van der Waals surface area contributed by atoms with Gasteiger partial charge in [0.2, 0.25) is 11.6 Å². The summed E-state index contributed by atoms with van der Waals surface area (Å²) in [6.45, 7) is 0. The second-order valence-electron chi connectivity index (χ2n) is 3.75. The zero-order chi connectivity index (χ0) is 15.9. The van der Waals surface area contributed by atoms with Crippen LogP contribution in [0.25, 0.3) is 0 Å². The molecule has 1 aromatic rings. The predicted octanol–water partition coefficient (Wildman–Crippen LogP) is 2.18. The Balaban J connectivity index is 0.000000223. The van der Waals surface area contributed by atoms with Gasteiger partial charge in [-0.3, -0.25) is 0 Å². The van der Waals surface area contributed by atoms with Gasteiger partial charge in [0.1, 0.15) is 12.7 Å². The first-order valence-corrected chi connectivity index (χ1v) is 5.75. The molecule has 10 nitrogen and oxygen atoms in total. The summed E-state index contributed by atoms with van der Waals surface area (Å²) in [5.74, 6) is -1.30. The molecule has 0 aromatic heterocycles. The van der Waals surface area contributed by atoms with E-state index in [4.69, 9.17) is 10.2 Å². The van der Waals surface area contributed by atoms with Crippen LogP contribution in [0.1, 0.15) is 20.7 Å². The summed E-state index contributed by atoms with van der Waals surface area (Å²) in [5, 5.41) is 31.2. The van der Waals surface area contributed by atoms with E-state index in [1.54, 1.807) is 0 Å². The standard InChI is InChI=1S/C8H6O4.C4H2N6.Zn/c9-7(10)5-1-2-6(4-3-5)8(11)12;1-5-3(9-7-1)4-6-2-8-10-4;/h1-4H,(H,9,10)(H,11,12);1-2H;. The van der Waals surface area contributed by atoms with Crippen LogP contribution in [0.5, 0.6) is 0 Å². The maximum absolute atomic E-state index is 10.3. The van der Waals surface area contributed by atoms with Crippen molar-refractivity contribution in [2.75, 3.05) is 0 Å². The Morgan fingerprint density at radius 2 is 1.09 bits per heavy atom. The van der Waals surface area contributed by atoms with Gasteiger partial charge in [-0.15, -0.1) is 20.5 Å². The Morgan fingerprint density at radius 1 is 0.739 bits per heavy atom. The molecule has 112 valence electrons. The molecule has 23 heavy (non-hydrogen) atoms. The number of carbonyl (C=O) groups is 2. The number of hydrogen-bond acceptors (Lipinski definition) is 8. The van der Waals surface area contributed by atoms with E-state index in [2.05, 4.69) is 30.4 Å². The number of benzene rings is 1. The van der Waals surface area contributed by atoms with Gasteiger partial charge in [-0.25, -0.2) is 19.6 Å². The first-order chi connectivity index (χ1) is 10.6. The van der Waals surface area contributed by atoms with Gasteiger partial charge in [0.15, 0.2) is 0 Å². The van der Waals surface area contributed by atoms with E-state index in [-0.39, 0.29) is 30.6 Å². The zero-order valence-corrected chi connectivity index (χ0v) is 14.5. The molecule has 11 heteroatoms. The van der Waals surface area contributed by atoms with Gasteiger partial charge >= 0.3 is 11.9 Å². The van der Waals surface area contributed by atoms with Crippen LogP contribution in [0.4, 0.5) is 0 Å². The Bertz CT molecular complexity index is 660. The van der Waals surface area contributed by atoms with Crippen LogP contribution in [0.2, 0.25) is 0 Å². The number of aliphatic imine (C=N–C) groups is 2. The molecule has 3 rings (SSSR count). The number of azo groups is 2. The first kappa shape index (κ1) is 18.1. The third-order valence-corrected chi connectivity index (χ3v) is 2.35. The van der Waals surface area contributed by atoms with Crippen molar-refractivity contribution in [1.29, 1.82) is 0 Å². The molecule has 0 aliphatic carbocycles. The normalized spacial score (nSPS) is 16.7. The molecule has 0 spiro atoms. The van der Waals surface area contributed by atoms with E-state index < -0.39 is 11.9 Å². The molecule has 0 atom stereocenters. The molecular formula is C12H8N6O4Zn. The number of hydrogen-bond donors (Lipinski definition) is 2. The third kappa shape index (κ3) is 5.08. The van der Waals surface area contributed by atoms with Crippen LogP contribution in [0.15, 0.2) is 66.3 Å². The molecule has 0 radical (unpaired) electrons. The van der Waals surface area contributed by atoms with Crippen LogP contribution < -0.4 is 0 Å². The average Bonchev–Trinajstić information content (AvgIpc) is 3.20. The van der Waals surface area contributed by atoms with Crippen LogP contribution >= 0.6 is 0 Å². The van der Waals surface area contributed by atoms with Gasteiger partial charge in [0, 0.05) is 19.5 Å². The fraction of sp³-hybridized carbons (Fsp3) is 0. The number of carboxylic acid groups (broad SMARTS) is 2. The minimum absolute atomic E-state index is 0. The summed E-state index contributed by atoms with van der Waals surface area (Å²) in [4.78, 5) is 28.2. The molecular weight excluding hydrogens is 358 g/mol. The van der Waals surface area contributed by atoms with Crippen LogP contribution in [-0.2, 0) is 19.5 Å². The molecule has 0 saturated carbocycles. The number of rotatable bonds is 2. The van der Waals surface area contributed by atoms with Crippen molar-refractivity contribution in [3.05, 3.63) is 47.0 Å². The summed E-state index contributed by atoms with van der Waals surface area (Å²) in [6.07, 6.45) is 2.68. The molecule has 2 heterocycles. The molecule has 0 unspecified atom stereocenters. The number of aromatic carboxylic acids is 2. The van der Waals surface area contributed by atoms with Gasteiger partial charge in [0.25, 0.3) is 0 Å². The first-order valence-electron chi connectivity index (χ1n) is 5.75. The molecule has 2 aliphatic heterocycles. The van der Waals surface area contributed by atoms with E-state index in [1.165, 1.54) is 36.9 Å². The Hall–Kier alpha value is -2.94. The minimum atomic E-state index is -1.06. The van der Waals surface area contributed by atoms with Crippen molar-refractivity contribution >= 4 is 24.6 Å². The van der Waals surface area contributed by atoms with Gasteiger partial charge in [-0.2, -0.15) is 0 Å². The van der Waals surface area contributed by atoms with Crippen molar-refractivity contribution in [1.82, 2.24) is 0 Å². The Labute approximate surface area is 141 Å². The van der Waals surface area contributed by atoms with Crippen LogP contribution in [0, 0.1) is 0 Å². The van der Waals surface area contributed by atoms with Crippen molar-refractivity contribution in [2.45, 2.75) is 0 Å². The summed E-state index contributed by atoms with van der Waals surface area (Å²) >= 11 is 0. The topological polar surface area (TPSA) is 149 Å². The van der Waals surface area contributed by atoms with Crippen molar-refractivity contribution in [3.63, 3.8) is 0 Å². The number of carboxylic acids is 2. The van der Waals surface area contributed by atoms with Crippen molar-refractivity contribution in [2.24, 2.45) is 30.4 Å². The number of nitrogens with zero attached hydrogens (tertiary/aromatic N) is 6. The van der Waals surface area contributed by atoms with Gasteiger partial charge in [-0.1, -0.05) is 0 Å². The summed E-state index contributed by atoms with van der Waals surface area (Å²) in [7, 11) is 0. The molecule has 1 aromatic carbocycles. The van der Waals surface area contributed by atoms with E-state index in [1.807, 2.05) is 0 Å². The fourth-order valence-electron chi connectivity index (χ4n) is 1.33. The molecule has 2 N–H and O–H groups in total. The summed E-state index contributed by atoms with van der Waals surface area (Å²) < 4.78 is 0. The molecule has 2 aliphatic rings. The zero-order valence-electron chi connectivity index (χ0n) is 11.6. The maximum Gasteiger partial charge on any atom is 0.335 e. The summed E-state index contributed by atoms with van der Waals surface area (Å²) in [5.41, 5.74) is 0.167. The Kier molecular flexibility index (Phi) is 6.69. The Morgan fingerprint density at radius 3 is 1.30 bits per heavy atom.